The average Bonchev–Trinajstić information content (AvgIpc) is 1.18. The van der Waals surface area contributed by atoms with Gasteiger partial charge in [-0.05, 0) is 80.3 Å². The van der Waals surface area contributed by atoms with Crippen LogP contribution < -0.4 is 10.2 Å². The maximum absolute atomic E-state index is 10.5. The third-order valence-corrected chi connectivity index (χ3v) is 21.4. The van der Waals surface area contributed by atoms with Gasteiger partial charge in [0.1, 0.15) is 5.71 Å². The Labute approximate surface area is 657 Å². The maximum atomic E-state index is 10.5. The van der Waals surface area contributed by atoms with Crippen molar-refractivity contribution < 1.29 is 26.7 Å². The van der Waals surface area contributed by atoms with Crippen LogP contribution in [0.5, 0.6) is 11.5 Å². The van der Waals surface area contributed by atoms with Gasteiger partial charge < -0.3 is 10.2 Å². The van der Waals surface area contributed by atoms with E-state index in [4.69, 9.17) is 9.98 Å². The van der Waals surface area contributed by atoms with Crippen molar-refractivity contribution in [1.82, 2.24) is 0 Å². The Hall–Kier alpha value is -3.87. The molecule has 0 saturated carbocycles. The van der Waals surface area contributed by atoms with E-state index in [0.29, 0.717) is 0 Å². The normalized spacial score (nSPS) is 11.7. The second-order valence-electron chi connectivity index (χ2n) is 31.6. The van der Waals surface area contributed by atoms with Crippen LogP contribution >= 0.6 is 0 Å². The van der Waals surface area contributed by atoms with Gasteiger partial charge in [0, 0.05) is 6.42 Å². The molecule has 0 N–H and O–H groups in total. The van der Waals surface area contributed by atoms with E-state index in [1.54, 1.807) is 13.0 Å². The minimum atomic E-state index is -0.430. The molecule has 0 aliphatic carbocycles. The predicted octanol–water partition coefficient (Wildman–Crippen LogP) is 33.3. The molecule has 0 amide bonds. The van der Waals surface area contributed by atoms with Crippen LogP contribution in [0.15, 0.2) is 88.9 Å². The molecule has 3 rings (SSSR count). The minimum Gasteiger partial charge on any atom is -0.873 e. The zero-order chi connectivity index (χ0) is 73.6. The summed E-state index contributed by atoms with van der Waals surface area (Å²) in [4.78, 5) is 9.93. The smallest absolute Gasteiger partial charge is 0.873 e. The second-order valence-corrected chi connectivity index (χ2v) is 31.6. The van der Waals surface area contributed by atoms with E-state index in [9.17, 15) is 10.2 Å². The third kappa shape index (κ3) is 68.6. The Morgan fingerprint density at radius 2 is 0.548 bits per heavy atom. The number of benzene rings is 3. The standard InChI is InChI=1S/C92H160N2.C7H8O2.Ni/c1-4-7-10-13-16-19-22-25-28-31-34-37-40-41-42-45-48-51-54-57-60-63-66-69-72-75-78-92(94-91-85-81-89(82-86-91)77-74-71-68-65-62-59-56-53-50-47-44-39-36-33-30-27-24-21-18-15-12-9-6-3)87-93-90-83-79-88(80-84-90)76-73-70-67-64-61-58-55-52-49-46-43-38-35-32-29-26-23-20-17-14-11-8-5-2;1-5-2-3-6(8)7(9)4-5;/h73-74,76-77,79-87H,4-72H2,1-3H3;2-4,8-9H,1H3;/q;;+2/p-2. The van der Waals surface area contributed by atoms with Crippen molar-refractivity contribution in [3.8, 4) is 23.3 Å². The molecule has 0 unspecified atom stereocenters. The number of aryl methyl sites for hydroxylation is 1. The van der Waals surface area contributed by atoms with Gasteiger partial charge in [-0.2, -0.15) is 0 Å². The molecule has 3 aromatic rings. The number of hydrogen-bond donors (Lipinski definition) is 0. The van der Waals surface area contributed by atoms with Gasteiger partial charge in [-0.25, -0.2) is 4.99 Å². The molecule has 0 aromatic heterocycles. The summed E-state index contributed by atoms with van der Waals surface area (Å²) in [5.74, 6) is 6.07. The first-order valence-electron chi connectivity index (χ1n) is 45.5. The van der Waals surface area contributed by atoms with Crippen LogP contribution in [0.3, 0.4) is 0 Å². The van der Waals surface area contributed by atoms with Crippen molar-refractivity contribution in [1.29, 1.82) is 0 Å². The molecule has 0 atom stereocenters. The molecule has 0 radical (unpaired) electrons. The van der Waals surface area contributed by atoms with Crippen LogP contribution in [-0.4, -0.2) is 11.9 Å². The summed E-state index contributed by atoms with van der Waals surface area (Å²) in [6, 6.07) is 21.6. The number of unbranched alkanes of at least 4 members (excludes halogenated alkanes) is 66. The third-order valence-electron chi connectivity index (χ3n) is 21.4. The molecule has 104 heavy (non-hydrogen) atoms. The van der Waals surface area contributed by atoms with E-state index in [-0.39, 0.29) is 16.5 Å². The molecule has 0 bridgehead atoms. The predicted molar refractivity (Wildman–Crippen MR) is 460 cm³/mol. The van der Waals surface area contributed by atoms with Gasteiger partial charge in [-0.1, -0.05) is 504 Å². The number of rotatable bonds is 73. The molecule has 594 valence electrons. The fourth-order valence-electron chi connectivity index (χ4n) is 14.5. The van der Waals surface area contributed by atoms with Crippen LogP contribution in [-0.2, 0) is 16.5 Å². The molecule has 0 fully saturated rings. The van der Waals surface area contributed by atoms with E-state index in [0.717, 1.165) is 48.3 Å². The van der Waals surface area contributed by atoms with Crippen LogP contribution in [0.4, 0.5) is 11.4 Å². The summed E-state index contributed by atoms with van der Waals surface area (Å²) in [5, 5.41) is 21.0. The van der Waals surface area contributed by atoms with Crippen LogP contribution in [0.25, 0.3) is 12.2 Å². The molecule has 0 spiro atoms. The Kier molecular flexibility index (Phi) is 75.6. The van der Waals surface area contributed by atoms with E-state index < -0.39 is 11.5 Å². The van der Waals surface area contributed by atoms with E-state index in [1.165, 1.54) is 441 Å². The minimum absolute atomic E-state index is 0. The van der Waals surface area contributed by atoms with Gasteiger partial charge in [0.15, 0.2) is 0 Å². The molecule has 0 heterocycles. The van der Waals surface area contributed by atoms with Gasteiger partial charge in [0.05, 0.1) is 17.6 Å². The van der Waals surface area contributed by atoms with Crippen molar-refractivity contribution in [2.75, 3.05) is 0 Å². The summed E-state index contributed by atoms with van der Waals surface area (Å²) in [6.07, 6.45) is 109. The fraction of sp³-hybridized carbons (Fsp3) is 0.737. The Morgan fingerprint density at radius 1 is 0.298 bits per heavy atom. The molecule has 4 nitrogen and oxygen atoms in total. The molecule has 0 aliphatic heterocycles. The molecule has 5 heteroatoms. The van der Waals surface area contributed by atoms with Gasteiger partial charge in [-0.3, -0.25) is 4.99 Å². The Balaban J connectivity index is 0.00000499. The number of aliphatic imine (C=N–C) groups is 2. The fourth-order valence-corrected chi connectivity index (χ4v) is 14.5. The summed E-state index contributed by atoms with van der Waals surface area (Å²) >= 11 is 0. The largest absolute Gasteiger partial charge is 2.00 e. The summed E-state index contributed by atoms with van der Waals surface area (Å²) < 4.78 is 0. The first-order chi connectivity index (χ1) is 50.9. The van der Waals surface area contributed by atoms with Gasteiger partial charge in [-0.15, -0.1) is 11.5 Å². The topological polar surface area (TPSA) is 70.8 Å². The first-order valence-corrected chi connectivity index (χ1v) is 45.5. The van der Waals surface area contributed by atoms with Crippen molar-refractivity contribution in [3.63, 3.8) is 0 Å². The van der Waals surface area contributed by atoms with E-state index in [2.05, 4.69) is 105 Å². The van der Waals surface area contributed by atoms with Crippen LogP contribution in [0.2, 0.25) is 0 Å². The molecule has 0 saturated heterocycles. The van der Waals surface area contributed by atoms with Crippen LogP contribution in [0.1, 0.15) is 480 Å². The number of allylic oxidation sites excluding steroid dienone is 2. The second kappa shape index (κ2) is 80.2. The monoisotopic (exact) mass is 1470 g/mol. The average molecular weight is 1480 g/mol. The van der Waals surface area contributed by atoms with Crippen molar-refractivity contribution in [2.45, 2.75) is 471 Å². The van der Waals surface area contributed by atoms with Crippen molar-refractivity contribution in [3.05, 3.63) is 95.6 Å². The number of nitrogens with zero attached hydrogens (tertiary/aromatic N) is 2. The first kappa shape index (κ1) is 98.1. The van der Waals surface area contributed by atoms with Crippen molar-refractivity contribution in [2.24, 2.45) is 9.98 Å². The van der Waals surface area contributed by atoms with E-state index in [1.807, 2.05) is 6.21 Å². The Morgan fingerprint density at radius 3 is 0.808 bits per heavy atom. The van der Waals surface area contributed by atoms with Gasteiger partial charge in [0.2, 0.25) is 0 Å². The molecular weight excluding hydrogens is 1310 g/mol. The van der Waals surface area contributed by atoms with E-state index >= 15 is 0 Å². The zero-order valence-corrected chi connectivity index (χ0v) is 70.0. The van der Waals surface area contributed by atoms with Crippen LogP contribution in [0, 0.1) is 18.8 Å². The van der Waals surface area contributed by atoms with Gasteiger partial charge in [0.25, 0.3) is 0 Å². The summed E-state index contributed by atoms with van der Waals surface area (Å²) in [5.41, 5.74) is 5.92. The molecule has 0 aliphatic rings. The maximum Gasteiger partial charge on any atom is 2.00 e. The quantitative estimate of drug-likeness (QED) is 0.0245. The molecule has 3 aromatic carbocycles. The van der Waals surface area contributed by atoms with Gasteiger partial charge >= 0.3 is 16.5 Å². The SMILES string of the molecule is CCCCCCCCCCCCCCCCCCCCCCCC=Cc1ccc(N=CC(C#CCCCCCCCCCCCCCCCCCCCCCCCCCC)=Nc2ccc(C=CCCCCCCCCCCCCCCCCCCCCCCC)cc2)cc1.Cc1ccc([O-])c([O-])c1.[Ni+2]. The summed E-state index contributed by atoms with van der Waals surface area (Å²) in [7, 11) is 0. The zero-order valence-electron chi connectivity index (χ0n) is 69.1. The number of hydrogen-bond acceptors (Lipinski definition) is 4. The summed E-state index contributed by atoms with van der Waals surface area (Å²) in [6.45, 7) is 8.71. The molecular formula is C99H166N2NiO2. The van der Waals surface area contributed by atoms with Crippen molar-refractivity contribution >= 4 is 35.5 Å². The Bertz CT molecular complexity index is 2430.